The van der Waals surface area contributed by atoms with Crippen LogP contribution < -0.4 is 5.56 Å². The van der Waals surface area contributed by atoms with Gasteiger partial charge in [-0.1, -0.05) is 25.1 Å². The number of hydrogen-bond donors (Lipinski definition) is 0. The first-order chi connectivity index (χ1) is 10.1. The summed E-state index contributed by atoms with van der Waals surface area (Å²) in [4.78, 5) is 26.7. The number of likely N-dealkylation sites (tertiary alicyclic amines) is 1. The molecule has 0 radical (unpaired) electrons. The molecule has 0 atom stereocenters. The fourth-order valence-corrected chi connectivity index (χ4v) is 2.97. The number of hydrogen-bond acceptors (Lipinski definition) is 2. The lowest BCUT2D eigenvalue weighted by Gasteiger charge is -2.30. The number of aromatic nitrogens is 1. The topological polar surface area (TPSA) is 42.3 Å². The summed E-state index contributed by atoms with van der Waals surface area (Å²) in [6.07, 6.45) is 2.07. The fraction of sp³-hybridized carbons (Fsp3) is 0.412. The smallest absolute Gasteiger partial charge is 0.254 e. The molecule has 3 rings (SSSR count). The van der Waals surface area contributed by atoms with E-state index in [-0.39, 0.29) is 11.5 Å². The standard InChI is InChI=1S/C17H20N2O2/c1-12-7-9-19(10-8-12)17(21)14-11-16(20)18(2)15-6-4-3-5-13(14)15/h3-6,11-12H,7-10H2,1-2H3. The molecule has 2 heterocycles. The molecular formula is C17H20N2O2. The average Bonchev–Trinajstić information content (AvgIpc) is 2.51. The lowest BCUT2D eigenvalue weighted by atomic mass is 9.98. The monoisotopic (exact) mass is 284 g/mol. The summed E-state index contributed by atoms with van der Waals surface area (Å²) in [5.74, 6) is 0.658. The van der Waals surface area contributed by atoms with Gasteiger partial charge in [-0.15, -0.1) is 0 Å². The third-order valence-electron chi connectivity index (χ3n) is 4.46. The molecule has 0 saturated carbocycles. The van der Waals surface area contributed by atoms with E-state index >= 15 is 0 Å². The van der Waals surface area contributed by atoms with Crippen LogP contribution in [0.4, 0.5) is 0 Å². The fourth-order valence-electron chi connectivity index (χ4n) is 2.97. The Balaban J connectivity index is 2.06. The molecule has 0 spiro atoms. The summed E-state index contributed by atoms with van der Waals surface area (Å²) in [5.41, 5.74) is 1.20. The van der Waals surface area contributed by atoms with E-state index in [1.165, 1.54) is 6.07 Å². The molecule has 1 aliphatic rings. The number of aryl methyl sites for hydroxylation is 1. The number of pyridine rings is 1. The van der Waals surface area contributed by atoms with Crippen molar-refractivity contribution >= 4 is 16.8 Å². The normalized spacial score (nSPS) is 16.4. The van der Waals surface area contributed by atoms with Crippen molar-refractivity contribution in [1.29, 1.82) is 0 Å². The maximum Gasteiger partial charge on any atom is 0.254 e. The average molecular weight is 284 g/mol. The van der Waals surface area contributed by atoms with Crippen molar-refractivity contribution in [2.24, 2.45) is 13.0 Å². The SMILES string of the molecule is CC1CCN(C(=O)c2cc(=O)n(C)c3ccccc23)CC1. The van der Waals surface area contributed by atoms with Crippen LogP contribution in [0.3, 0.4) is 0 Å². The highest BCUT2D eigenvalue weighted by molar-refractivity contribution is 6.06. The van der Waals surface area contributed by atoms with Gasteiger partial charge in [-0.05, 0) is 24.8 Å². The van der Waals surface area contributed by atoms with Crippen molar-refractivity contribution < 1.29 is 4.79 Å². The molecule has 110 valence electrons. The summed E-state index contributed by atoms with van der Waals surface area (Å²) < 4.78 is 1.59. The zero-order valence-electron chi connectivity index (χ0n) is 12.5. The van der Waals surface area contributed by atoms with Gasteiger partial charge in [0.2, 0.25) is 0 Å². The molecule has 0 bridgehead atoms. The number of carbonyl (C=O) groups excluding carboxylic acids is 1. The maximum absolute atomic E-state index is 12.8. The van der Waals surface area contributed by atoms with Crippen molar-refractivity contribution in [2.45, 2.75) is 19.8 Å². The summed E-state index contributed by atoms with van der Waals surface area (Å²) in [7, 11) is 1.74. The number of para-hydroxylation sites is 1. The molecule has 0 aliphatic carbocycles. The maximum atomic E-state index is 12.8. The molecule has 1 aliphatic heterocycles. The van der Waals surface area contributed by atoms with Crippen LogP contribution in [0.5, 0.6) is 0 Å². The summed E-state index contributed by atoms with van der Waals surface area (Å²) in [6.45, 7) is 3.78. The van der Waals surface area contributed by atoms with Crippen molar-refractivity contribution in [3.8, 4) is 0 Å². The zero-order chi connectivity index (χ0) is 15.0. The van der Waals surface area contributed by atoms with Crippen LogP contribution in [0.2, 0.25) is 0 Å². The van der Waals surface area contributed by atoms with Gasteiger partial charge in [-0.3, -0.25) is 9.59 Å². The van der Waals surface area contributed by atoms with E-state index in [4.69, 9.17) is 0 Å². The largest absolute Gasteiger partial charge is 0.339 e. The van der Waals surface area contributed by atoms with Crippen LogP contribution in [0, 0.1) is 5.92 Å². The number of fused-ring (bicyclic) bond motifs is 1. The van der Waals surface area contributed by atoms with Crippen LogP contribution in [0.15, 0.2) is 35.1 Å². The predicted molar refractivity (Wildman–Crippen MR) is 83.5 cm³/mol. The Morgan fingerprint density at radius 3 is 2.57 bits per heavy atom. The molecular weight excluding hydrogens is 264 g/mol. The molecule has 1 fully saturated rings. The molecule has 4 heteroatoms. The summed E-state index contributed by atoms with van der Waals surface area (Å²) in [6, 6.07) is 9.06. The van der Waals surface area contributed by atoms with E-state index < -0.39 is 0 Å². The highest BCUT2D eigenvalue weighted by Gasteiger charge is 2.23. The lowest BCUT2D eigenvalue weighted by Crippen LogP contribution is -2.38. The van der Waals surface area contributed by atoms with Crippen molar-refractivity contribution in [3.63, 3.8) is 0 Å². The van der Waals surface area contributed by atoms with E-state index in [2.05, 4.69) is 6.92 Å². The highest BCUT2D eigenvalue weighted by atomic mass is 16.2. The Morgan fingerprint density at radius 1 is 1.19 bits per heavy atom. The number of benzene rings is 1. The Morgan fingerprint density at radius 2 is 1.86 bits per heavy atom. The minimum Gasteiger partial charge on any atom is -0.339 e. The van der Waals surface area contributed by atoms with Crippen molar-refractivity contribution in [3.05, 3.63) is 46.2 Å². The first-order valence-electron chi connectivity index (χ1n) is 7.46. The number of amides is 1. The van der Waals surface area contributed by atoms with Gasteiger partial charge in [0.15, 0.2) is 0 Å². The molecule has 4 nitrogen and oxygen atoms in total. The van der Waals surface area contributed by atoms with E-state index in [0.29, 0.717) is 11.5 Å². The minimum absolute atomic E-state index is 0.0178. The molecule has 1 aromatic heterocycles. The number of piperidine rings is 1. The third kappa shape index (κ3) is 2.46. The van der Waals surface area contributed by atoms with E-state index in [0.717, 1.165) is 36.8 Å². The number of nitrogens with zero attached hydrogens (tertiary/aromatic N) is 2. The first-order valence-corrected chi connectivity index (χ1v) is 7.46. The van der Waals surface area contributed by atoms with E-state index in [1.54, 1.807) is 11.6 Å². The highest BCUT2D eigenvalue weighted by Crippen LogP contribution is 2.21. The molecule has 1 aromatic carbocycles. The Labute approximate surface area is 124 Å². The Hall–Kier alpha value is -2.10. The van der Waals surface area contributed by atoms with Gasteiger partial charge in [0.25, 0.3) is 11.5 Å². The number of carbonyl (C=O) groups is 1. The van der Waals surface area contributed by atoms with Gasteiger partial charge >= 0.3 is 0 Å². The molecule has 2 aromatic rings. The van der Waals surface area contributed by atoms with E-state index in [9.17, 15) is 9.59 Å². The molecule has 1 amide bonds. The first kappa shape index (κ1) is 13.9. The molecule has 0 unspecified atom stereocenters. The van der Waals surface area contributed by atoms with Gasteiger partial charge < -0.3 is 9.47 Å². The van der Waals surface area contributed by atoms with Crippen molar-refractivity contribution in [1.82, 2.24) is 9.47 Å². The van der Waals surface area contributed by atoms with Crippen molar-refractivity contribution in [2.75, 3.05) is 13.1 Å². The molecule has 1 saturated heterocycles. The van der Waals surface area contributed by atoms with Gasteiger partial charge in [-0.2, -0.15) is 0 Å². The van der Waals surface area contributed by atoms with Gasteiger partial charge in [0.05, 0.1) is 11.1 Å². The molecule has 0 N–H and O–H groups in total. The molecule has 21 heavy (non-hydrogen) atoms. The van der Waals surface area contributed by atoms with Gasteiger partial charge in [-0.25, -0.2) is 0 Å². The minimum atomic E-state index is -0.137. The third-order valence-corrected chi connectivity index (χ3v) is 4.46. The van der Waals surface area contributed by atoms with Crippen LogP contribution in [0.1, 0.15) is 30.1 Å². The predicted octanol–water partition coefficient (Wildman–Crippen LogP) is 2.41. The second-order valence-electron chi connectivity index (χ2n) is 5.95. The second kappa shape index (κ2) is 5.35. The zero-order valence-corrected chi connectivity index (χ0v) is 12.5. The van der Waals surface area contributed by atoms with E-state index in [1.807, 2.05) is 29.2 Å². The van der Waals surface area contributed by atoms with Crippen LogP contribution in [-0.4, -0.2) is 28.5 Å². The Kier molecular flexibility index (Phi) is 3.53. The van der Waals surface area contributed by atoms with Gasteiger partial charge in [0, 0.05) is 31.6 Å². The summed E-state index contributed by atoms with van der Waals surface area (Å²) >= 11 is 0. The number of rotatable bonds is 1. The Bertz CT molecular complexity index is 740. The second-order valence-corrected chi connectivity index (χ2v) is 5.95. The van der Waals surface area contributed by atoms with Gasteiger partial charge in [0.1, 0.15) is 0 Å². The van der Waals surface area contributed by atoms with Crippen LogP contribution >= 0.6 is 0 Å². The van der Waals surface area contributed by atoms with Crippen LogP contribution in [-0.2, 0) is 7.05 Å². The summed E-state index contributed by atoms with van der Waals surface area (Å²) in [5, 5.41) is 0.850. The van der Waals surface area contributed by atoms with Crippen LogP contribution in [0.25, 0.3) is 10.9 Å². The lowest BCUT2D eigenvalue weighted by molar-refractivity contribution is 0.0699. The quantitative estimate of drug-likeness (QED) is 0.807.